The second-order valence-electron chi connectivity index (χ2n) is 4.08. The largest absolute Gasteiger partial charge is 0.313 e. The van der Waals surface area contributed by atoms with Gasteiger partial charge in [-0.2, -0.15) is 5.10 Å². The third kappa shape index (κ3) is 3.17. The Balaban J connectivity index is 2.16. The molecule has 2 rings (SSSR count). The first-order valence-electron chi connectivity index (χ1n) is 5.60. The minimum absolute atomic E-state index is 0.294. The van der Waals surface area contributed by atoms with Crippen LogP contribution in [0.25, 0.3) is 0 Å². The van der Waals surface area contributed by atoms with E-state index in [0.29, 0.717) is 6.04 Å². The normalized spacial score (nSPS) is 12.6. The molecule has 3 nitrogen and oxygen atoms in total. The number of hydrogen-bond donors (Lipinski definition) is 1. The first-order chi connectivity index (χ1) is 8.19. The van der Waals surface area contributed by atoms with E-state index in [1.807, 2.05) is 31.0 Å². The number of nitrogens with zero attached hydrogens (tertiary/aromatic N) is 2. The SMILES string of the molecule is CNC(Cc1ccn(C)n1)c1cccc(Br)c1. The van der Waals surface area contributed by atoms with Crippen molar-refractivity contribution in [2.45, 2.75) is 12.5 Å². The fourth-order valence-corrected chi connectivity index (χ4v) is 2.31. The van der Waals surface area contributed by atoms with Crippen LogP contribution in [0.1, 0.15) is 17.3 Å². The van der Waals surface area contributed by atoms with E-state index in [9.17, 15) is 0 Å². The average molecular weight is 294 g/mol. The Labute approximate surface area is 110 Å². The van der Waals surface area contributed by atoms with E-state index in [1.165, 1.54) is 5.56 Å². The molecule has 0 radical (unpaired) electrons. The molecule has 4 heteroatoms. The maximum Gasteiger partial charge on any atom is 0.0643 e. The van der Waals surface area contributed by atoms with Crippen molar-refractivity contribution in [2.24, 2.45) is 7.05 Å². The summed E-state index contributed by atoms with van der Waals surface area (Å²) in [6.45, 7) is 0. The van der Waals surface area contributed by atoms with Crippen molar-refractivity contribution < 1.29 is 0 Å². The minimum atomic E-state index is 0.294. The number of likely N-dealkylation sites (N-methyl/N-ethyl adjacent to an activating group) is 1. The van der Waals surface area contributed by atoms with Gasteiger partial charge in [0, 0.05) is 30.2 Å². The molecule has 1 N–H and O–H groups in total. The van der Waals surface area contributed by atoms with E-state index >= 15 is 0 Å². The summed E-state index contributed by atoms with van der Waals surface area (Å²) in [5, 5.41) is 7.74. The van der Waals surface area contributed by atoms with E-state index < -0.39 is 0 Å². The van der Waals surface area contributed by atoms with Gasteiger partial charge in [0.2, 0.25) is 0 Å². The van der Waals surface area contributed by atoms with E-state index in [0.717, 1.165) is 16.6 Å². The number of aryl methyl sites for hydroxylation is 1. The molecule has 17 heavy (non-hydrogen) atoms. The Kier molecular flexibility index (Phi) is 3.97. The van der Waals surface area contributed by atoms with Crippen molar-refractivity contribution in [3.8, 4) is 0 Å². The molecule has 1 heterocycles. The lowest BCUT2D eigenvalue weighted by atomic mass is 10.0. The zero-order chi connectivity index (χ0) is 12.3. The minimum Gasteiger partial charge on any atom is -0.313 e. The van der Waals surface area contributed by atoms with Crippen molar-refractivity contribution in [1.82, 2.24) is 15.1 Å². The second kappa shape index (κ2) is 5.47. The lowest BCUT2D eigenvalue weighted by molar-refractivity contribution is 0.577. The molecule has 90 valence electrons. The number of aromatic nitrogens is 2. The summed E-state index contributed by atoms with van der Waals surface area (Å²) in [6, 6.07) is 10.7. The summed E-state index contributed by atoms with van der Waals surface area (Å²) in [6.07, 6.45) is 2.87. The summed E-state index contributed by atoms with van der Waals surface area (Å²) >= 11 is 3.50. The summed E-state index contributed by atoms with van der Waals surface area (Å²) < 4.78 is 2.94. The maximum atomic E-state index is 4.41. The van der Waals surface area contributed by atoms with Crippen molar-refractivity contribution in [3.63, 3.8) is 0 Å². The first kappa shape index (κ1) is 12.3. The van der Waals surface area contributed by atoms with Gasteiger partial charge in [0.05, 0.1) is 5.69 Å². The van der Waals surface area contributed by atoms with Crippen molar-refractivity contribution in [3.05, 3.63) is 52.3 Å². The predicted octanol–water partition coefficient (Wildman–Crippen LogP) is 2.69. The summed E-state index contributed by atoms with van der Waals surface area (Å²) in [7, 11) is 3.92. The number of halogens is 1. The van der Waals surface area contributed by atoms with Crippen LogP contribution >= 0.6 is 15.9 Å². The number of rotatable bonds is 4. The Morgan fingerprint density at radius 1 is 1.41 bits per heavy atom. The lowest BCUT2D eigenvalue weighted by Crippen LogP contribution is -2.19. The number of hydrogen-bond acceptors (Lipinski definition) is 2. The molecule has 1 unspecified atom stereocenters. The van der Waals surface area contributed by atoms with Gasteiger partial charge in [-0.05, 0) is 30.8 Å². The topological polar surface area (TPSA) is 29.9 Å². The van der Waals surface area contributed by atoms with Crippen LogP contribution in [0.5, 0.6) is 0 Å². The van der Waals surface area contributed by atoms with Gasteiger partial charge in [0.25, 0.3) is 0 Å². The van der Waals surface area contributed by atoms with Crippen LogP contribution in [0.15, 0.2) is 41.0 Å². The van der Waals surface area contributed by atoms with E-state index in [2.05, 4.69) is 50.6 Å². The Morgan fingerprint density at radius 3 is 2.82 bits per heavy atom. The van der Waals surface area contributed by atoms with Crippen LogP contribution < -0.4 is 5.32 Å². The third-order valence-electron chi connectivity index (χ3n) is 2.78. The van der Waals surface area contributed by atoms with Crippen LogP contribution in [-0.4, -0.2) is 16.8 Å². The zero-order valence-electron chi connectivity index (χ0n) is 10.0. The highest BCUT2D eigenvalue weighted by Crippen LogP contribution is 2.20. The summed E-state index contributed by atoms with van der Waals surface area (Å²) in [4.78, 5) is 0. The maximum absolute atomic E-state index is 4.41. The Morgan fingerprint density at radius 2 is 2.24 bits per heavy atom. The molecule has 0 saturated heterocycles. The van der Waals surface area contributed by atoms with Crippen molar-refractivity contribution in [2.75, 3.05) is 7.05 Å². The van der Waals surface area contributed by atoms with Gasteiger partial charge in [-0.3, -0.25) is 4.68 Å². The van der Waals surface area contributed by atoms with Gasteiger partial charge in [-0.25, -0.2) is 0 Å². The fourth-order valence-electron chi connectivity index (χ4n) is 1.89. The standard InChI is InChI=1S/C13H16BrN3/c1-15-13(9-12-6-7-17(2)16-12)10-4-3-5-11(14)8-10/h3-8,13,15H,9H2,1-2H3. The van der Waals surface area contributed by atoms with Crippen molar-refractivity contribution in [1.29, 1.82) is 0 Å². The monoisotopic (exact) mass is 293 g/mol. The number of nitrogens with one attached hydrogen (secondary N) is 1. The molecular weight excluding hydrogens is 278 g/mol. The molecule has 2 aromatic rings. The molecule has 1 aromatic heterocycles. The van der Waals surface area contributed by atoms with Gasteiger partial charge in [0.1, 0.15) is 0 Å². The van der Waals surface area contributed by atoms with Gasteiger partial charge in [0.15, 0.2) is 0 Å². The third-order valence-corrected chi connectivity index (χ3v) is 3.27. The zero-order valence-corrected chi connectivity index (χ0v) is 11.6. The average Bonchev–Trinajstić information content (AvgIpc) is 2.72. The van der Waals surface area contributed by atoms with Gasteiger partial charge < -0.3 is 5.32 Å². The highest BCUT2D eigenvalue weighted by molar-refractivity contribution is 9.10. The van der Waals surface area contributed by atoms with Gasteiger partial charge >= 0.3 is 0 Å². The highest BCUT2D eigenvalue weighted by Gasteiger charge is 2.11. The van der Waals surface area contributed by atoms with E-state index in [4.69, 9.17) is 0 Å². The molecule has 0 fully saturated rings. The molecule has 0 aliphatic heterocycles. The summed E-state index contributed by atoms with van der Waals surface area (Å²) in [5.74, 6) is 0. The first-order valence-corrected chi connectivity index (χ1v) is 6.39. The molecule has 1 aromatic carbocycles. The molecule has 0 aliphatic carbocycles. The summed E-state index contributed by atoms with van der Waals surface area (Å²) in [5.41, 5.74) is 2.37. The van der Waals surface area contributed by atoms with Crippen LogP contribution in [0.2, 0.25) is 0 Å². The van der Waals surface area contributed by atoms with Gasteiger partial charge in [-0.1, -0.05) is 28.1 Å². The van der Waals surface area contributed by atoms with E-state index in [-0.39, 0.29) is 0 Å². The molecule has 0 saturated carbocycles. The highest BCUT2D eigenvalue weighted by atomic mass is 79.9. The molecule has 0 bridgehead atoms. The Bertz CT molecular complexity index is 493. The Hall–Kier alpha value is -1.13. The second-order valence-corrected chi connectivity index (χ2v) is 5.00. The van der Waals surface area contributed by atoms with Crippen LogP contribution in [0.4, 0.5) is 0 Å². The van der Waals surface area contributed by atoms with Crippen molar-refractivity contribution >= 4 is 15.9 Å². The quantitative estimate of drug-likeness (QED) is 0.939. The predicted molar refractivity (Wildman–Crippen MR) is 72.9 cm³/mol. The molecule has 0 amide bonds. The molecule has 0 spiro atoms. The van der Waals surface area contributed by atoms with Gasteiger partial charge in [-0.15, -0.1) is 0 Å². The van der Waals surface area contributed by atoms with Crippen LogP contribution in [-0.2, 0) is 13.5 Å². The smallest absolute Gasteiger partial charge is 0.0643 e. The van der Waals surface area contributed by atoms with E-state index in [1.54, 1.807) is 0 Å². The molecular formula is C13H16BrN3. The number of benzene rings is 1. The lowest BCUT2D eigenvalue weighted by Gasteiger charge is -2.15. The van der Waals surface area contributed by atoms with Crippen LogP contribution in [0, 0.1) is 0 Å². The molecule has 1 atom stereocenters. The molecule has 0 aliphatic rings. The van der Waals surface area contributed by atoms with Crippen LogP contribution in [0.3, 0.4) is 0 Å². The fraction of sp³-hybridized carbons (Fsp3) is 0.308.